The molecule has 0 aliphatic carbocycles. The second-order valence-electron chi connectivity index (χ2n) is 6.40. The summed E-state index contributed by atoms with van der Waals surface area (Å²) in [6, 6.07) is 3.82. The van der Waals surface area contributed by atoms with Crippen molar-refractivity contribution in [1.82, 2.24) is 19.3 Å². The first-order valence-corrected chi connectivity index (χ1v) is 9.68. The predicted octanol–water partition coefficient (Wildman–Crippen LogP) is 3.42. The smallest absolute Gasteiger partial charge is 0.191 e. The minimum absolute atomic E-state index is 0.0841. The van der Waals surface area contributed by atoms with E-state index in [1.165, 1.54) is 11.8 Å². The Morgan fingerprint density at radius 3 is 2.74 bits per heavy atom. The van der Waals surface area contributed by atoms with Gasteiger partial charge in [0, 0.05) is 37.7 Å². The zero-order valence-corrected chi connectivity index (χ0v) is 17.1. The fraction of sp³-hybridized carbons (Fsp3) is 0.421. The molecule has 0 N–H and O–H groups in total. The first-order valence-electron chi connectivity index (χ1n) is 8.69. The minimum Gasteiger partial charge on any atom is -0.469 e. The number of hydrogen-bond donors (Lipinski definition) is 0. The third kappa shape index (κ3) is 3.86. The lowest BCUT2D eigenvalue weighted by atomic mass is 10.2. The van der Waals surface area contributed by atoms with Gasteiger partial charge in [-0.3, -0.25) is 4.79 Å². The fourth-order valence-electron chi connectivity index (χ4n) is 3.11. The van der Waals surface area contributed by atoms with E-state index in [1.807, 2.05) is 44.5 Å². The number of rotatable bonds is 8. The van der Waals surface area contributed by atoms with E-state index in [9.17, 15) is 4.79 Å². The fourth-order valence-corrected chi connectivity index (χ4v) is 3.90. The maximum Gasteiger partial charge on any atom is 0.191 e. The molecule has 3 rings (SSSR count). The molecule has 0 spiro atoms. The van der Waals surface area contributed by atoms with Crippen molar-refractivity contribution in [2.24, 2.45) is 7.05 Å². The van der Waals surface area contributed by atoms with Crippen molar-refractivity contribution in [3.8, 4) is 11.4 Å². The van der Waals surface area contributed by atoms with E-state index in [-0.39, 0.29) is 5.78 Å². The lowest BCUT2D eigenvalue weighted by molar-refractivity contribution is 0.102. The summed E-state index contributed by atoms with van der Waals surface area (Å²) < 4.78 is 14.5. The molecule has 0 radical (unpaired) electrons. The largest absolute Gasteiger partial charge is 0.469 e. The molecular weight excluding hydrogens is 364 g/mol. The summed E-state index contributed by atoms with van der Waals surface area (Å²) in [6.45, 7) is 7.23. The summed E-state index contributed by atoms with van der Waals surface area (Å²) in [5.41, 5.74) is 3.70. The quantitative estimate of drug-likeness (QED) is 0.435. The van der Waals surface area contributed by atoms with E-state index in [1.54, 1.807) is 13.4 Å². The molecule has 144 valence electrons. The number of carbonyl (C=O) groups is 1. The Balaban J connectivity index is 1.72. The number of methoxy groups -OCH3 is 1. The van der Waals surface area contributed by atoms with Crippen molar-refractivity contribution in [1.29, 1.82) is 0 Å². The highest BCUT2D eigenvalue weighted by atomic mass is 32.2. The van der Waals surface area contributed by atoms with Crippen LogP contribution in [-0.2, 0) is 18.3 Å². The molecule has 0 aromatic carbocycles. The van der Waals surface area contributed by atoms with Gasteiger partial charge in [-0.1, -0.05) is 11.8 Å². The lowest BCUT2D eigenvalue weighted by Gasteiger charge is -2.08. The molecule has 3 aromatic heterocycles. The van der Waals surface area contributed by atoms with E-state index < -0.39 is 0 Å². The van der Waals surface area contributed by atoms with Gasteiger partial charge in [0.1, 0.15) is 5.76 Å². The Bertz CT molecular complexity index is 954. The number of ether oxygens (including phenoxy) is 1. The van der Waals surface area contributed by atoms with Crippen LogP contribution < -0.4 is 0 Å². The molecule has 0 amide bonds. The molecule has 0 unspecified atom stereocenters. The van der Waals surface area contributed by atoms with Crippen molar-refractivity contribution in [3.05, 3.63) is 41.1 Å². The van der Waals surface area contributed by atoms with Gasteiger partial charge < -0.3 is 18.3 Å². The van der Waals surface area contributed by atoms with Crippen LogP contribution in [0.3, 0.4) is 0 Å². The Morgan fingerprint density at radius 1 is 1.30 bits per heavy atom. The molecular formula is C19H24N4O3S. The van der Waals surface area contributed by atoms with Gasteiger partial charge in [-0.05, 0) is 32.9 Å². The molecule has 0 fully saturated rings. The van der Waals surface area contributed by atoms with E-state index in [0.717, 1.165) is 40.6 Å². The predicted molar refractivity (Wildman–Crippen MR) is 104 cm³/mol. The molecule has 3 heterocycles. The number of furan rings is 1. The number of nitrogens with zero attached hydrogens (tertiary/aromatic N) is 4. The van der Waals surface area contributed by atoms with Crippen LogP contribution in [0.15, 0.2) is 28.0 Å². The van der Waals surface area contributed by atoms with Crippen LogP contribution in [0.25, 0.3) is 11.4 Å². The average molecular weight is 388 g/mol. The Labute approximate surface area is 162 Å². The number of Topliss-reactive ketones (excluding diaryl/α,β-unsaturated/α-hetero) is 1. The standard InChI is InChI=1S/C19H24N4O3S/c1-12-10-16(13(2)23(12)7-9-25-5)17(24)11-27-19-21-20-18(22(19)4)15-6-8-26-14(15)3/h6,8,10H,7,9,11H2,1-5H3. The molecule has 0 saturated heterocycles. The van der Waals surface area contributed by atoms with Gasteiger partial charge in [-0.15, -0.1) is 10.2 Å². The molecule has 0 atom stereocenters. The van der Waals surface area contributed by atoms with Crippen LogP contribution in [0.2, 0.25) is 0 Å². The topological polar surface area (TPSA) is 75.1 Å². The molecule has 0 saturated carbocycles. The van der Waals surface area contributed by atoms with Crippen LogP contribution >= 0.6 is 11.8 Å². The Morgan fingerprint density at radius 2 is 2.07 bits per heavy atom. The molecule has 27 heavy (non-hydrogen) atoms. The van der Waals surface area contributed by atoms with Crippen molar-refractivity contribution < 1.29 is 13.9 Å². The second-order valence-corrected chi connectivity index (χ2v) is 7.34. The van der Waals surface area contributed by atoms with Gasteiger partial charge >= 0.3 is 0 Å². The van der Waals surface area contributed by atoms with Gasteiger partial charge in [0.25, 0.3) is 0 Å². The molecule has 7 nitrogen and oxygen atoms in total. The summed E-state index contributed by atoms with van der Waals surface area (Å²) in [5.74, 6) is 1.92. The first kappa shape index (κ1) is 19.4. The molecule has 0 aliphatic rings. The maximum atomic E-state index is 12.7. The third-order valence-electron chi connectivity index (χ3n) is 4.66. The highest BCUT2D eigenvalue weighted by Crippen LogP contribution is 2.26. The van der Waals surface area contributed by atoms with E-state index in [2.05, 4.69) is 14.8 Å². The zero-order valence-electron chi connectivity index (χ0n) is 16.3. The van der Waals surface area contributed by atoms with Crippen LogP contribution in [0.1, 0.15) is 27.5 Å². The average Bonchev–Trinajstić information content (AvgIpc) is 3.30. The summed E-state index contributed by atoms with van der Waals surface area (Å²) in [4.78, 5) is 12.7. The highest BCUT2D eigenvalue weighted by Gasteiger charge is 2.19. The number of carbonyl (C=O) groups excluding carboxylic acids is 1. The van der Waals surface area contributed by atoms with Gasteiger partial charge in [-0.2, -0.15) is 0 Å². The normalized spacial score (nSPS) is 11.3. The van der Waals surface area contributed by atoms with Gasteiger partial charge in [0.05, 0.1) is 24.2 Å². The minimum atomic E-state index is 0.0841. The Hall–Kier alpha value is -2.32. The second kappa shape index (κ2) is 8.14. The van der Waals surface area contributed by atoms with Crippen LogP contribution in [-0.4, -0.2) is 44.6 Å². The third-order valence-corrected chi connectivity index (χ3v) is 5.68. The van der Waals surface area contributed by atoms with Crippen LogP contribution in [0, 0.1) is 20.8 Å². The van der Waals surface area contributed by atoms with Gasteiger partial charge in [-0.25, -0.2) is 0 Å². The molecule has 8 heteroatoms. The van der Waals surface area contributed by atoms with Crippen molar-refractivity contribution in [2.75, 3.05) is 19.5 Å². The van der Waals surface area contributed by atoms with E-state index in [4.69, 9.17) is 9.15 Å². The summed E-state index contributed by atoms with van der Waals surface area (Å²) in [6.07, 6.45) is 1.63. The molecule has 0 aliphatic heterocycles. The number of aryl methyl sites for hydroxylation is 2. The van der Waals surface area contributed by atoms with Crippen molar-refractivity contribution in [3.63, 3.8) is 0 Å². The summed E-state index contributed by atoms with van der Waals surface area (Å²) in [5, 5.41) is 9.17. The summed E-state index contributed by atoms with van der Waals surface area (Å²) >= 11 is 1.39. The molecule has 0 bridgehead atoms. The van der Waals surface area contributed by atoms with Gasteiger partial charge in [0.2, 0.25) is 0 Å². The SMILES string of the molecule is COCCn1c(C)cc(C(=O)CSc2nnc(-c3ccoc3C)n2C)c1C. The number of ketones is 1. The first-order chi connectivity index (χ1) is 12.9. The Kier molecular flexibility index (Phi) is 5.86. The maximum absolute atomic E-state index is 12.7. The zero-order chi connectivity index (χ0) is 19.6. The van der Waals surface area contributed by atoms with Crippen molar-refractivity contribution in [2.45, 2.75) is 32.5 Å². The van der Waals surface area contributed by atoms with E-state index >= 15 is 0 Å². The molecule has 3 aromatic rings. The van der Waals surface area contributed by atoms with E-state index in [0.29, 0.717) is 17.5 Å². The summed E-state index contributed by atoms with van der Waals surface area (Å²) in [7, 11) is 3.57. The van der Waals surface area contributed by atoms with Crippen LogP contribution in [0.5, 0.6) is 0 Å². The number of aromatic nitrogens is 4. The number of hydrogen-bond acceptors (Lipinski definition) is 6. The van der Waals surface area contributed by atoms with Crippen LogP contribution in [0.4, 0.5) is 0 Å². The van der Waals surface area contributed by atoms with Gasteiger partial charge in [0.15, 0.2) is 16.8 Å². The number of thioether (sulfide) groups is 1. The van der Waals surface area contributed by atoms with Crippen molar-refractivity contribution >= 4 is 17.5 Å². The lowest BCUT2D eigenvalue weighted by Crippen LogP contribution is -2.10. The monoisotopic (exact) mass is 388 g/mol. The highest BCUT2D eigenvalue weighted by molar-refractivity contribution is 7.99.